The number of aliphatic hydroxyl groups excluding tert-OH is 1. The van der Waals surface area contributed by atoms with Gasteiger partial charge in [0.1, 0.15) is 17.6 Å². The van der Waals surface area contributed by atoms with Gasteiger partial charge in [0.25, 0.3) is 0 Å². The van der Waals surface area contributed by atoms with E-state index in [9.17, 15) is 19.7 Å². The molecule has 1 unspecified atom stereocenters. The number of ketones is 1. The van der Waals surface area contributed by atoms with E-state index in [4.69, 9.17) is 14.1 Å². The number of hydrogen-bond donors (Lipinski definition) is 2. The minimum absolute atomic E-state index is 0.0213. The second kappa shape index (κ2) is 9.45. The van der Waals surface area contributed by atoms with Crippen LogP contribution < -0.4 is 10.2 Å². The lowest BCUT2D eigenvalue weighted by molar-refractivity contribution is -0.187. The van der Waals surface area contributed by atoms with Gasteiger partial charge in [-0.25, -0.2) is 4.79 Å². The molecule has 8 atom stereocenters. The van der Waals surface area contributed by atoms with Gasteiger partial charge in [-0.05, 0) is 77.9 Å². The molecule has 1 heterocycles. The molecule has 0 aromatic heterocycles. The SMILES string of the molecule is CC[C@]1(C)C[C@@H](OC(=O)COc2ccc3c(c2)B(O)OC3)C2[C@H](C)CC[C@]3(CCC(=O)[C@@H]23)[C@@H](C)[C@@H]1O. The van der Waals surface area contributed by atoms with Gasteiger partial charge in [-0.1, -0.05) is 33.8 Å². The normalized spacial score (nSPS) is 39.7. The molecule has 2 N–H and O–H groups in total. The molecule has 36 heavy (non-hydrogen) atoms. The molecule has 2 bridgehead atoms. The van der Waals surface area contributed by atoms with Gasteiger partial charge < -0.3 is 24.3 Å². The standard InChI is InChI=1S/C28H39BO7/c1-5-27(4)13-22(36-23(31)15-34-19-7-6-18-14-35-29(33)20(18)12-19)24-16(2)8-10-28(17(3)26(27)32)11-9-21(30)25(24)28/h6-7,12,16-17,22,24-26,32-33H,5,8-11,13-15H2,1-4H3/t16-,17+,22-,24?,25+,26+,27-,28+/m1/s1. The van der Waals surface area contributed by atoms with Crippen LogP contribution in [0.4, 0.5) is 0 Å². The van der Waals surface area contributed by atoms with Crippen LogP contribution in [-0.4, -0.2) is 47.8 Å². The van der Waals surface area contributed by atoms with Gasteiger partial charge in [0.2, 0.25) is 0 Å². The second-order valence-electron chi connectivity index (χ2n) is 12.1. The second-order valence-corrected chi connectivity index (χ2v) is 12.1. The average Bonchev–Trinajstić information content (AvgIpc) is 3.41. The summed E-state index contributed by atoms with van der Waals surface area (Å²) in [6, 6.07) is 5.27. The molecule has 8 heteroatoms. The monoisotopic (exact) mass is 498 g/mol. The van der Waals surface area contributed by atoms with Crippen LogP contribution >= 0.6 is 0 Å². The molecule has 3 saturated carbocycles. The van der Waals surface area contributed by atoms with Crippen molar-refractivity contribution in [3.05, 3.63) is 23.8 Å². The van der Waals surface area contributed by atoms with Crippen molar-refractivity contribution in [2.24, 2.45) is 34.5 Å². The van der Waals surface area contributed by atoms with E-state index in [1.165, 1.54) is 0 Å². The summed E-state index contributed by atoms with van der Waals surface area (Å²) >= 11 is 0. The fourth-order valence-corrected chi connectivity index (χ4v) is 7.94. The number of hydrogen-bond acceptors (Lipinski definition) is 7. The fourth-order valence-electron chi connectivity index (χ4n) is 7.94. The molecule has 3 aliphatic carbocycles. The van der Waals surface area contributed by atoms with E-state index < -0.39 is 30.7 Å². The van der Waals surface area contributed by atoms with Crippen LogP contribution in [0.1, 0.15) is 71.8 Å². The Morgan fingerprint density at radius 3 is 2.81 bits per heavy atom. The molecule has 0 radical (unpaired) electrons. The van der Waals surface area contributed by atoms with Gasteiger partial charge in [0.15, 0.2) is 6.61 Å². The van der Waals surface area contributed by atoms with Crippen LogP contribution in [0.5, 0.6) is 5.75 Å². The van der Waals surface area contributed by atoms with Gasteiger partial charge in [-0.2, -0.15) is 0 Å². The third-order valence-corrected chi connectivity index (χ3v) is 10.3. The summed E-state index contributed by atoms with van der Waals surface area (Å²) in [5.41, 5.74) is 0.906. The molecule has 3 fully saturated rings. The van der Waals surface area contributed by atoms with Crippen molar-refractivity contribution in [2.45, 2.75) is 85.0 Å². The van der Waals surface area contributed by atoms with E-state index in [1.807, 2.05) is 6.07 Å². The molecule has 0 amide bonds. The van der Waals surface area contributed by atoms with Crippen LogP contribution in [0.15, 0.2) is 18.2 Å². The Morgan fingerprint density at radius 2 is 2.06 bits per heavy atom. The molecule has 5 rings (SSSR count). The first-order chi connectivity index (χ1) is 17.1. The number of carbonyl (C=O) groups excluding carboxylic acids is 2. The molecule has 1 aliphatic heterocycles. The van der Waals surface area contributed by atoms with Crippen LogP contribution in [0, 0.1) is 34.5 Å². The number of Topliss-reactive ketones (excluding diaryl/α,β-unsaturated/α-hetero) is 1. The van der Waals surface area contributed by atoms with Crippen LogP contribution in [0.2, 0.25) is 0 Å². The lowest BCUT2D eigenvalue weighted by Crippen LogP contribution is -2.58. The predicted octanol–water partition coefficient (Wildman–Crippen LogP) is 3.02. The van der Waals surface area contributed by atoms with Gasteiger partial charge in [-0.3, -0.25) is 4.79 Å². The van der Waals surface area contributed by atoms with Crippen molar-refractivity contribution >= 4 is 24.3 Å². The van der Waals surface area contributed by atoms with Gasteiger partial charge in [-0.15, -0.1) is 0 Å². The Bertz CT molecular complexity index is 1030. The summed E-state index contributed by atoms with van der Waals surface area (Å²) < 4.78 is 17.1. The maximum Gasteiger partial charge on any atom is 0.491 e. The van der Waals surface area contributed by atoms with Crippen LogP contribution in [-0.2, 0) is 25.6 Å². The Labute approximate surface area is 214 Å². The highest BCUT2D eigenvalue weighted by atomic mass is 16.6. The van der Waals surface area contributed by atoms with Gasteiger partial charge >= 0.3 is 13.1 Å². The highest BCUT2D eigenvalue weighted by Crippen LogP contribution is 2.63. The predicted molar refractivity (Wildman–Crippen MR) is 134 cm³/mol. The summed E-state index contributed by atoms with van der Waals surface area (Å²) in [6.45, 7) is 8.58. The lowest BCUT2D eigenvalue weighted by Gasteiger charge is -2.57. The molecular formula is C28H39BO7. The fraction of sp³-hybridized carbons (Fsp3) is 0.714. The number of carbonyl (C=O) groups is 2. The molecule has 4 aliphatic rings. The zero-order valence-electron chi connectivity index (χ0n) is 21.9. The van der Waals surface area contributed by atoms with Crippen molar-refractivity contribution in [3.63, 3.8) is 0 Å². The lowest BCUT2D eigenvalue weighted by atomic mass is 9.49. The first-order valence-corrected chi connectivity index (χ1v) is 13.5. The van der Waals surface area contributed by atoms with Crippen LogP contribution in [0.3, 0.4) is 0 Å². The molecule has 1 aromatic carbocycles. The number of aliphatic hydroxyl groups is 1. The van der Waals surface area contributed by atoms with Crippen molar-refractivity contribution < 1.29 is 33.8 Å². The third-order valence-electron chi connectivity index (χ3n) is 10.3. The van der Waals surface area contributed by atoms with E-state index in [0.29, 0.717) is 30.7 Å². The average molecular weight is 498 g/mol. The zero-order valence-corrected chi connectivity index (χ0v) is 21.9. The van der Waals surface area contributed by atoms with Gasteiger partial charge in [0, 0.05) is 18.3 Å². The van der Waals surface area contributed by atoms with Gasteiger partial charge in [0.05, 0.1) is 12.7 Å². The smallest absolute Gasteiger partial charge is 0.482 e. The molecule has 0 saturated heterocycles. The minimum Gasteiger partial charge on any atom is -0.482 e. The van der Waals surface area contributed by atoms with Crippen molar-refractivity contribution in [1.29, 1.82) is 0 Å². The summed E-state index contributed by atoms with van der Waals surface area (Å²) in [7, 11) is -0.983. The van der Waals surface area contributed by atoms with Crippen molar-refractivity contribution in [2.75, 3.05) is 6.61 Å². The Balaban J connectivity index is 1.38. The quantitative estimate of drug-likeness (QED) is 0.475. The number of ether oxygens (including phenoxy) is 2. The summed E-state index contributed by atoms with van der Waals surface area (Å²) in [6.07, 6.45) is 3.54. The topological polar surface area (TPSA) is 102 Å². The summed E-state index contributed by atoms with van der Waals surface area (Å²) in [5, 5.41) is 21.6. The largest absolute Gasteiger partial charge is 0.491 e. The molecule has 196 valence electrons. The number of rotatable bonds is 5. The van der Waals surface area contributed by atoms with Crippen LogP contribution in [0.25, 0.3) is 0 Å². The Hall–Kier alpha value is -1.90. The minimum atomic E-state index is -0.983. The van der Waals surface area contributed by atoms with E-state index >= 15 is 0 Å². The van der Waals surface area contributed by atoms with Crippen molar-refractivity contribution in [3.8, 4) is 5.75 Å². The molecule has 1 aromatic rings. The highest BCUT2D eigenvalue weighted by molar-refractivity contribution is 6.61. The van der Waals surface area contributed by atoms with E-state index in [0.717, 1.165) is 31.2 Å². The first kappa shape index (κ1) is 25.7. The maximum atomic E-state index is 13.3. The number of fused-ring (bicyclic) bond motifs is 1. The maximum absolute atomic E-state index is 13.3. The third kappa shape index (κ3) is 4.09. The number of esters is 1. The van der Waals surface area contributed by atoms with E-state index in [-0.39, 0.29) is 41.5 Å². The number of benzene rings is 1. The molecular weight excluding hydrogens is 459 g/mol. The Kier molecular flexibility index (Phi) is 6.75. The molecule has 0 spiro atoms. The van der Waals surface area contributed by atoms with Crippen molar-refractivity contribution in [1.82, 2.24) is 0 Å². The summed E-state index contributed by atoms with van der Waals surface area (Å²) in [4.78, 5) is 26.4. The summed E-state index contributed by atoms with van der Waals surface area (Å²) in [5.74, 6) is 0.301. The Morgan fingerprint density at radius 1 is 1.28 bits per heavy atom. The molecule has 7 nitrogen and oxygen atoms in total. The first-order valence-electron chi connectivity index (χ1n) is 13.5. The van der Waals surface area contributed by atoms with E-state index in [2.05, 4.69) is 27.7 Å². The highest BCUT2D eigenvalue weighted by Gasteiger charge is 2.63. The zero-order chi connectivity index (χ0) is 25.8. The van der Waals surface area contributed by atoms with E-state index in [1.54, 1.807) is 12.1 Å².